The minimum Gasteiger partial charge on any atom is -0.255 e. The summed E-state index contributed by atoms with van der Waals surface area (Å²) in [5, 5.41) is 9.79. The average molecular weight is 432 g/mol. The van der Waals surface area contributed by atoms with Gasteiger partial charge in [0.15, 0.2) is 5.65 Å². The molecule has 0 spiro atoms. The number of benzene rings is 1. The Labute approximate surface area is 174 Å². The van der Waals surface area contributed by atoms with E-state index in [0.717, 1.165) is 51.8 Å². The Morgan fingerprint density at radius 1 is 1.10 bits per heavy atom. The largest absolute Gasteiger partial charge is 0.408 e. The highest BCUT2D eigenvalue weighted by molar-refractivity contribution is 6.29. The minimum atomic E-state index is -4.31. The van der Waals surface area contributed by atoms with Crippen LogP contribution in [-0.4, -0.2) is 30.6 Å². The van der Waals surface area contributed by atoms with Crippen LogP contribution in [0.1, 0.15) is 53.8 Å². The molecule has 4 aromatic rings. The lowest BCUT2D eigenvalue weighted by Gasteiger charge is -2.08. The maximum absolute atomic E-state index is 13.1. The van der Waals surface area contributed by atoms with E-state index in [-0.39, 0.29) is 17.8 Å². The molecule has 6 rings (SSSR count). The van der Waals surface area contributed by atoms with E-state index in [1.807, 2.05) is 24.3 Å². The normalized spacial score (nSPS) is 21.6. The van der Waals surface area contributed by atoms with Crippen molar-refractivity contribution in [3.63, 3.8) is 0 Å². The fourth-order valence-electron chi connectivity index (χ4n) is 4.48. The van der Waals surface area contributed by atoms with Gasteiger partial charge in [0.05, 0.1) is 11.2 Å². The Bertz CT molecular complexity index is 1290. The van der Waals surface area contributed by atoms with E-state index in [2.05, 4.69) is 15.2 Å². The topological polar surface area (TPSA) is 48.0 Å². The van der Waals surface area contributed by atoms with Crippen LogP contribution < -0.4 is 0 Å². The van der Waals surface area contributed by atoms with Crippen LogP contribution in [0.25, 0.3) is 16.6 Å². The molecule has 9 heteroatoms. The van der Waals surface area contributed by atoms with Crippen molar-refractivity contribution in [1.29, 1.82) is 0 Å². The molecular weight excluding hydrogens is 415 g/mol. The summed E-state index contributed by atoms with van der Waals surface area (Å²) in [5.74, 6) is 0.718. The van der Waals surface area contributed by atoms with E-state index < -0.39 is 12.7 Å². The summed E-state index contributed by atoms with van der Waals surface area (Å²) < 4.78 is 42.1. The maximum atomic E-state index is 13.1. The highest BCUT2D eigenvalue weighted by atomic mass is 35.5. The lowest BCUT2D eigenvalue weighted by atomic mass is 10.0. The first-order valence-electron chi connectivity index (χ1n) is 9.94. The van der Waals surface area contributed by atoms with Crippen LogP contribution in [0.3, 0.4) is 0 Å². The zero-order valence-corrected chi connectivity index (χ0v) is 16.5. The van der Waals surface area contributed by atoms with Gasteiger partial charge >= 0.3 is 6.18 Å². The molecule has 2 aliphatic carbocycles. The van der Waals surface area contributed by atoms with E-state index in [0.29, 0.717) is 10.7 Å². The number of imidazole rings is 1. The van der Waals surface area contributed by atoms with Crippen molar-refractivity contribution in [3.05, 3.63) is 58.6 Å². The molecule has 2 fully saturated rings. The second kappa shape index (κ2) is 6.20. The first-order valence-corrected chi connectivity index (χ1v) is 10.3. The third kappa shape index (κ3) is 3.05. The molecule has 0 aliphatic heterocycles. The Balaban J connectivity index is 1.39. The predicted molar refractivity (Wildman–Crippen MR) is 106 cm³/mol. The molecule has 0 radical (unpaired) electrons. The molecule has 1 aromatic carbocycles. The zero-order valence-electron chi connectivity index (χ0n) is 15.8. The first kappa shape index (κ1) is 18.2. The van der Waals surface area contributed by atoms with Gasteiger partial charge in [0.2, 0.25) is 0 Å². The third-order valence-corrected chi connectivity index (χ3v) is 6.26. The van der Waals surface area contributed by atoms with Crippen molar-refractivity contribution < 1.29 is 13.2 Å². The first-order chi connectivity index (χ1) is 14.4. The summed E-state index contributed by atoms with van der Waals surface area (Å²) in [4.78, 5) is 4.39. The molecule has 30 heavy (non-hydrogen) atoms. The van der Waals surface area contributed by atoms with Crippen LogP contribution in [0.5, 0.6) is 0 Å². The molecule has 154 valence electrons. The van der Waals surface area contributed by atoms with Crippen molar-refractivity contribution in [2.24, 2.45) is 0 Å². The van der Waals surface area contributed by atoms with Crippen LogP contribution in [-0.2, 0) is 6.54 Å². The summed E-state index contributed by atoms with van der Waals surface area (Å²) in [6.07, 6.45) is 2.01. The average Bonchev–Trinajstić information content (AvgIpc) is 3.60. The number of fused-ring (bicyclic) bond motifs is 2. The standard InChI is InChI=1S/C21H17ClF3N5/c22-18-9-16(20-26-5-6-29(20)27-18)15-8-14(15)12-3-4-13-17(7-12)30(10-21(23,24)25)28-19(13)11-1-2-11/h3-7,9,11,14-15H,1-2,8,10H2/t14-,15+/m1/s1. The van der Waals surface area contributed by atoms with Crippen LogP contribution >= 0.6 is 11.6 Å². The lowest BCUT2D eigenvalue weighted by molar-refractivity contribution is -0.141. The van der Waals surface area contributed by atoms with E-state index in [4.69, 9.17) is 11.6 Å². The molecule has 2 saturated carbocycles. The number of aromatic nitrogens is 5. The van der Waals surface area contributed by atoms with Crippen molar-refractivity contribution in [2.45, 2.75) is 49.7 Å². The van der Waals surface area contributed by atoms with Gasteiger partial charge in [-0.1, -0.05) is 23.7 Å². The van der Waals surface area contributed by atoms with E-state index in [9.17, 15) is 13.2 Å². The van der Waals surface area contributed by atoms with Crippen LogP contribution in [0, 0.1) is 0 Å². The van der Waals surface area contributed by atoms with Crippen molar-refractivity contribution >= 4 is 28.2 Å². The molecule has 0 bridgehead atoms. The molecule has 0 N–H and O–H groups in total. The molecule has 3 aromatic heterocycles. The van der Waals surface area contributed by atoms with Gasteiger partial charge in [0.1, 0.15) is 11.7 Å². The highest BCUT2D eigenvalue weighted by Crippen LogP contribution is 2.56. The lowest BCUT2D eigenvalue weighted by Crippen LogP contribution is -2.18. The number of halogens is 4. The number of nitrogens with zero attached hydrogens (tertiary/aromatic N) is 5. The molecular formula is C21H17ClF3N5. The van der Waals surface area contributed by atoms with E-state index >= 15 is 0 Å². The van der Waals surface area contributed by atoms with Gasteiger partial charge in [-0.05, 0) is 48.8 Å². The Kier molecular flexibility index (Phi) is 3.76. The SMILES string of the molecule is FC(F)(F)Cn1nc(C2CC2)c2ccc([C@H]3C[C@@H]3c3cc(Cl)nn4ccnc34)cc21. The second-order valence-electron chi connectivity index (χ2n) is 8.28. The number of hydrogen-bond acceptors (Lipinski definition) is 3. The Morgan fingerprint density at radius 3 is 2.70 bits per heavy atom. The molecule has 5 nitrogen and oxygen atoms in total. The van der Waals surface area contributed by atoms with Gasteiger partial charge in [-0.2, -0.15) is 23.4 Å². The van der Waals surface area contributed by atoms with Crippen molar-refractivity contribution in [3.8, 4) is 0 Å². The van der Waals surface area contributed by atoms with Gasteiger partial charge in [0, 0.05) is 29.3 Å². The number of hydrogen-bond donors (Lipinski definition) is 0. The number of rotatable bonds is 4. The van der Waals surface area contributed by atoms with Crippen LogP contribution in [0.2, 0.25) is 5.15 Å². The van der Waals surface area contributed by atoms with Gasteiger partial charge in [0.25, 0.3) is 0 Å². The maximum Gasteiger partial charge on any atom is 0.408 e. The smallest absolute Gasteiger partial charge is 0.255 e. The second-order valence-corrected chi connectivity index (χ2v) is 8.66. The zero-order chi connectivity index (χ0) is 20.6. The minimum absolute atomic E-state index is 0.215. The van der Waals surface area contributed by atoms with Crippen molar-refractivity contribution in [2.75, 3.05) is 0 Å². The fourth-order valence-corrected chi connectivity index (χ4v) is 4.68. The predicted octanol–water partition coefficient (Wildman–Crippen LogP) is 5.44. The molecule has 0 unspecified atom stereocenters. The monoisotopic (exact) mass is 431 g/mol. The van der Waals surface area contributed by atoms with E-state index in [1.165, 1.54) is 0 Å². The van der Waals surface area contributed by atoms with Crippen molar-refractivity contribution in [1.82, 2.24) is 24.4 Å². The Morgan fingerprint density at radius 2 is 1.93 bits per heavy atom. The summed E-state index contributed by atoms with van der Waals surface area (Å²) in [6.45, 7) is -1.07. The molecule has 0 amide bonds. The summed E-state index contributed by atoms with van der Waals surface area (Å²) >= 11 is 6.17. The Hall–Kier alpha value is -2.61. The quantitative estimate of drug-likeness (QED) is 0.432. The van der Waals surface area contributed by atoms with Gasteiger partial charge in [-0.15, -0.1) is 0 Å². The molecule has 2 atom stereocenters. The fraction of sp³-hybridized carbons (Fsp3) is 0.381. The summed E-state index contributed by atoms with van der Waals surface area (Å²) in [6, 6.07) is 7.70. The third-order valence-electron chi connectivity index (χ3n) is 6.07. The number of alkyl halides is 3. The summed E-state index contributed by atoms with van der Waals surface area (Å²) in [5.41, 5.74) is 4.18. The molecule has 0 saturated heterocycles. The molecule has 3 heterocycles. The van der Waals surface area contributed by atoms with Crippen LogP contribution in [0.4, 0.5) is 13.2 Å². The van der Waals surface area contributed by atoms with Crippen LogP contribution in [0.15, 0.2) is 36.7 Å². The van der Waals surface area contributed by atoms with E-state index in [1.54, 1.807) is 16.9 Å². The summed E-state index contributed by atoms with van der Waals surface area (Å²) in [7, 11) is 0. The van der Waals surface area contributed by atoms with Gasteiger partial charge in [-0.3, -0.25) is 4.68 Å². The van der Waals surface area contributed by atoms with Gasteiger partial charge < -0.3 is 0 Å². The highest BCUT2D eigenvalue weighted by Gasteiger charge is 2.42. The molecule has 2 aliphatic rings. The van der Waals surface area contributed by atoms with Gasteiger partial charge in [-0.25, -0.2) is 9.50 Å².